The zero-order valence-corrected chi connectivity index (χ0v) is 23.4. The van der Waals surface area contributed by atoms with Crippen LogP contribution in [0, 0.1) is 17.8 Å². The number of ether oxygens (including phenoxy) is 4. The van der Waals surface area contributed by atoms with Crippen molar-refractivity contribution in [2.24, 2.45) is 17.8 Å². The Balaban J connectivity index is 1.51. The van der Waals surface area contributed by atoms with Crippen LogP contribution in [0.25, 0.3) is 0 Å². The second kappa shape index (κ2) is 10.7. The molecule has 0 saturated carbocycles. The van der Waals surface area contributed by atoms with Crippen LogP contribution in [0.2, 0.25) is 0 Å². The highest BCUT2D eigenvalue weighted by Crippen LogP contribution is 2.47. The fourth-order valence-electron chi connectivity index (χ4n) is 6.85. The molecule has 1 aliphatic carbocycles. The van der Waals surface area contributed by atoms with Gasteiger partial charge < -0.3 is 29.2 Å². The minimum Gasteiger partial charge on any atom is -0.462 e. The van der Waals surface area contributed by atoms with Crippen LogP contribution in [-0.2, 0) is 23.7 Å². The van der Waals surface area contributed by atoms with Gasteiger partial charge in [-0.15, -0.1) is 0 Å². The van der Waals surface area contributed by atoms with Gasteiger partial charge >= 0.3 is 5.97 Å². The van der Waals surface area contributed by atoms with Crippen molar-refractivity contribution in [3.05, 3.63) is 47.1 Å². The summed E-state index contributed by atoms with van der Waals surface area (Å²) in [4.78, 5) is 13.8. The van der Waals surface area contributed by atoms with Crippen molar-refractivity contribution >= 4 is 5.97 Å². The molecular formula is C31H44O7. The summed E-state index contributed by atoms with van der Waals surface area (Å²) in [6.07, 6.45) is 11.8. The van der Waals surface area contributed by atoms with E-state index in [1.165, 1.54) is 5.57 Å². The van der Waals surface area contributed by atoms with Crippen molar-refractivity contribution in [1.29, 1.82) is 0 Å². The lowest BCUT2D eigenvalue weighted by Crippen LogP contribution is -2.58. The molecule has 7 nitrogen and oxygen atoms in total. The lowest BCUT2D eigenvalue weighted by molar-refractivity contribution is -0.332. The quantitative estimate of drug-likeness (QED) is 0.352. The van der Waals surface area contributed by atoms with Gasteiger partial charge in [0.2, 0.25) is 0 Å². The summed E-state index contributed by atoms with van der Waals surface area (Å²) in [5.41, 5.74) is 0.783. The maximum Gasteiger partial charge on any atom is 0.316 e. The van der Waals surface area contributed by atoms with Gasteiger partial charge in [0.15, 0.2) is 5.79 Å². The molecule has 5 rings (SSSR count). The Morgan fingerprint density at radius 2 is 1.89 bits per heavy atom. The fraction of sp³-hybridized carbons (Fsp3) is 0.710. The summed E-state index contributed by atoms with van der Waals surface area (Å²) in [5.74, 6) is -1.53. The predicted octanol–water partition coefficient (Wildman–Crippen LogP) is 4.53. The molecule has 0 amide bonds. The second-order valence-electron chi connectivity index (χ2n) is 12.4. The first-order valence-corrected chi connectivity index (χ1v) is 14.3. The van der Waals surface area contributed by atoms with Crippen LogP contribution in [0.4, 0.5) is 0 Å². The molecular weight excluding hydrogens is 484 g/mol. The smallest absolute Gasteiger partial charge is 0.316 e. The Bertz CT molecular complexity index is 1040. The van der Waals surface area contributed by atoms with Gasteiger partial charge in [-0.2, -0.15) is 0 Å². The largest absolute Gasteiger partial charge is 0.462 e. The number of aliphatic hydroxyl groups excluding tert-OH is 1. The molecule has 2 N–H and O–H groups in total. The Morgan fingerprint density at radius 3 is 2.66 bits per heavy atom. The van der Waals surface area contributed by atoms with E-state index < -0.39 is 41.6 Å². The summed E-state index contributed by atoms with van der Waals surface area (Å²) in [6, 6.07) is 0. The summed E-state index contributed by atoms with van der Waals surface area (Å²) in [5, 5.41) is 22.8. The molecule has 2 bridgehead atoms. The third-order valence-electron chi connectivity index (χ3n) is 9.30. The van der Waals surface area contributed by atoms with Crippen molar-refractivity contribution in [2.75, 3.05) is 6.61 Å². The maximum absolute atomic E-state index is 13.8. The van der Waals surface area contributed by atoms with Crippen molar-refractivity contribution in [2.45, 2.75) is 115 Å². The molecule has 0 aromatic rings. The number of carbonyl (C=O) groups excluding carboxylic acids is 1. The number of hydrogen-bond donors (Lipinski definition) is 2. The average molecular weight is 529 g/mol. The first-order chi connectivity index (χ1) is 18.0. The Morgan fingerprint density at radius 1 is 1.11 bits per heavy atom. The third-order valence-corrected chi connectivity index (χ3v) is 9.30. The van der Waals surface area contributed by atoms with Gasteiger partial charge in [-0.1, -0.05) is 49.8 Å². The summed E-state index contributed by atoms with van der Waals surface area (Å²) >= 11 is 0. The van der Waals surface area contributed by atoms with Gasteiger partial charge in [-0.05, 0) is 63.0 Å². The van der Waals surface area contributed by atoms with Crippen LogP contribution in [0.15, 0.2) is 47.1 Å². The second-order valence-corrected chi connectivity index (χ2v) is 12.4. The van der Waals surface area contributed by atoms with Gasteiger partial charge in [0, 0.05) is 19.3 Å². The van der Waals surface area contributed by atoms with E-state index in [1.807, 2.05) is 12.2 Å². The molecule has 4 aliphatic heterocycles. The minimum absolute atomic E-state index is 0.0526. The fourth-order valence-corrected chi connectivity index (χ4v) is 6.85. The van der Waals surface area contributed by atoms with E-state index in [9.17, 15) is 15.0 Å². The highest BCUT2D eigenvalue weighted by Gasteiger charge is 2.60. The lowest BCUT2D eigenvalue weighted by Gasteiger charge is -2.49. The van der Waals surface area contributed by atoms with Gasteiger partial charge in [-0.3, -0.25) is 4.79 Å². The van der Waals surface area contributed by atoms with E-state index >= 15 is 0 Å². The normalized spacial score (nSPS) is 49.7. The average Bonchev–Trinajstić information content (AvgIpc) is 3.19. The Labute approximate surface area is 226 Å². The minimum atomic E-state index is -1.68. The van der Waals surface area contributed by atoms with Crippen molar-refractivity contribution < 1.29 is 34.0 Å². The molecule has 7 heteroatoms. The molecule has 3 saturated heterocycles. The zero-order valence-electron chi connectivity index (χ0n) is 23.4. The van der Waals surface area contributed by atoms with E-state index in [2.05, 4.69) is 39.8 Å². The zero-order chi connectivity index (χ0) is 27.2. The van der Waals surface area contributed by atoms with Crippen LogP contribution in [0.1, 0.15) is 73.1 Å². The van der Waals surface area contributed by atoms with Crippen molar-refractivity contribution in [3.8, 4) is 0 Å². The number of hydrogen-bond acceptors (Lipinski definition) is 7. The molecule has 4 heterocycles. The number of allylic oxidation sites excluding steroid dienone is 4. The number of esters is 1. The van der Waals surface area contributed by atoms with E-state index in [-0.39, 0.29) is 18.8 Å². The van der Waals surface area contributed by atoms with Crippen LogP contribution >= 0.6 is 0 Å². The molecule has 0 radical (unpaired) electrons. The Kier molecular flexibility index (Phi) is 7.79. The van der Waals surface area contributed by atoms with Gasteiger partial charge in [0.05, 0.1) is 18.8 Å². The molecule has 3 fully saturated rings. The summed E-state index contributed by atoms with van der Waals surface area (Å²) in [7, 11) is 0. The molecule has 210 valence electrons. The van der Waals surface area contributed by atoms with Gasteiger partial charge in [0.25, 0.3) is 0 Å². The molecule has 0 aromatic heterocycles. The monoisotopic (exact) mass is 528 g/mol. The standard InChI is InChI=1S/C31H44O7/c1-18-7-6-8-23-17-35-28-27(32)21(4)14-26(31(23,28)34)29(33)36-25-15-24(10-9-19(2)13-18)38-30(16-25)12-11-20(3)22(5)37-30/h6-9,14,18,20,22,24-28,32,34H,10-13,15-17H2,1-5H3/b7-6+,19-9+,23-8+/t18-,20-,22?,24?,25?,26?,27+,28?,30-,31+/m0/s1. The van der Waals surface area contributed by atoms with Crippen LogP contribution in [-0.4, -0.2) is 64.7 Å². The molecule has 5 unspecified atom stereocenters. The predicted molar refractivity (Wildman–Crippen MR) is 143 cm³/mol. The van der Waals surface area contributed by atoms with Crippen LogP contribution in [0.3, 0.4) is 0 Å². The first-order valence-electron chi connectivity index (χ1n) is 14.3. The summed E-state index contributed by atoms with van der Waals surface area (Å²) < 4.78 is 25.2. The molecule has 0 aromatic carbocycles. The topological polar surface area (TPSA) is 94.5 Å². The van der Waals surface area contributed by atoms with Gasteiger partial charge in [0.1, 0.15) is 29.8 Å². The van der Waals surface area contributed by atoms with Gasteiger partial charge in [-0.25, -0.2) is 0 Å². The van der Waals surface area contributed by atoms with Crippen LogP contribution < -0.4 is 0 Å². The molecule has 1 spiro atoms. The number of aliphatic hydroxyl groups is 2. The third kappa shape index (κ3) is 5.20. The highest BCUT2D eigenvalue weighted by atomic mass is 16.7. The number of carbonyl (C=O) groups is 1. The van der Waals surface area contributed by atoms with Crippen LogP contribution in [0.5, 0.6) is 0 Å². The first kappa shape index (κ1) is 27.8. The van der Waals surface area contributed by atoms with E-state index in [0.29, 0.717) is 35.8 Å². The van der Waals surface area contributed by atoms with E-state index in [4.69, 9.17) is 18.9 Å². The molecule has 5 aliphatic rings. The molecule has 38 heavy (non-hydrogen) atoms. The molecule has 10 atom stereocenters. The van der Waals surface area contributed by atoms with E-state index in [1.54, 1.807) is 13.0 Å². The lowest BCUT2D eigenvalue weighted by atomic mass is 9.71. The maximum atomic E-state index is 13.8. The highest BCUT2D eigenvalue weighted by molar-refractivity contribution is 5.78. The number of fused-ring (bicyclic) bond motifs is 2. The number of rotatable bonds is 0. The Hall–Kier alpha value is -1.77. The SMILES string of the molecule is CC1=CC2C(=O)OC3CC(C/C=C(\C)C[C@@H](C)/C=C/C=C4\COC([C@@H]1O)[C@@]42O)O[C@@]1(CC[C@H](C)C(C)O1)C3. The van der Waals surface area contributed by atoms with E-state index in [0.717, 1.165) is 25.7 Å². The van der Waals surface area contributed by atoms with Crippen molar-refractivity contribution in [1.82, 2.24) is 0 Å². The summed E-state index contributed by atoms with van der Waals surface area (Å²) in [6.45, 7) is 10.5. The van der Waals surface area contributed by atoms with Crippen molar-refractivity contribution in [3.63, 3.8) is 0 Å².